The summed E-state index contributed by atoms with van der Waals surface area (Å²) < 4.78 is 4.99. The van der Waals surface area contributed by atoms with Gasteiger partial charge in [-0.3, -0.25) is 0 Å². The van der Waals surface area contributed by atoms with E-state index < -0.39 is 0 Å². The maximum absolute atomic E-state index is 6.14. The summed E-state index contributed by atoms with van der Waals surface area (Å²) in [5.74, 6) is 0.829. The van der Waals surface area contributed by atoms with E-state index in [9.17, 15) is 0 Å². The molecular formula is C13H15ClN2O. The highest BCUT2D eigenvalue weighted by Gasteiger charge is 2.02. The third-order valence-electron chi connectivity index (χ3n) is 2.51. The van der Waals surface area contributed by atoms with Crippen molar-refractivity contribution in [3.05, 3.63) is 51.9 Å². The molecule has 0 saturated heterocycles. The van der Waals surface area contributed by atoms with Gasteiger partial charge in [0.1, 0.15) is 5.76 Å². The number of hydrogen-bond donors (Lipinski definition) is 1. The third kappa shape index (κ3) is 3.32. The van der Waals surface area contributed by atoms with Crippen LogP contribution >= 0.6 is 11.6 Å². The number of nitrogens with one attached hydrogen (secondary N) is 1. The summed E-state index contributed by atoms with van der Waals surface area (Å²) in [4.78, 5) is 0. The van der Waals surface area contributed by atoms with Gasteiger partial charge in [-0.15, -0.1) is 0 Å². The standard InChI is InChI=1S/C13H15ClN2O/c1-9-3-4-11(13(14)5-9)7-15-8-12-6-10(2)17-16-12/h3-6,15H,7-8H2,1-2H3. The number of aromatic nitrogens is 1. The first-order chi connectivity index (χ1) is 8.15. The summed E-state index contributed by atoms with van der Waals surface area (Å²) in [6.45, 7) is 5.32. The van der Waals surface area contributed by atoms with Crippen LogP contribution in [0, 0.1) is 13.8 Å². The minimum absolute atomic E-state index is 0.682. The van der Waals surface area contributed by atoms with Crippen molar-refractivity contribution in [1.29, 1.82) is 0 Å². The van der Waals surface area contributed by atoms with Gasteiger partial charge in [0.2, 0.25) is 0 Å². The lowest BCUT2D eigenvalue weighted by molar-refractivity contribution is 0.388. The Hall–Kier alpha value is -1.32. The molecule has 17 heavy (non-hydrogen) atoms. The van der Waals surface area contributed by atoms with Crippen molar-refractivity contribution in [3.8, 4) is 0 Å². The Morgan fingerprint density at radius 3 is 2.71 bits per heavy atom. The lowest BCUT2D eigenvalue weighted by Gasteiger charge is -2.05. The Bertz CT molecular complexity index is 508. The van der Waals surface area contributed by atoms with Gasteiger partial charge in [-0.05, 0) is 31.0 Å². The molecule has 0 aliphatic heterocycles. The molecular weight excluding hydrogens is 236 g/mol. The summed E-state index contributed by atoms with van der Waals surface area (Å²) in [7, 11) is 0. The second kappa shape index (κ2) is 5.34. The van der Waals surface area contributed by atoms with Gasteiger partial charge in [-0.25, -0.2) is 0 Å². The minimum atomic E-state index is 0.682. The van der Waals surface area contributed by atoms with E-state index in [1.807, 2.05) is 32.0 Å². The van der Waals surface area contributed by atoms with Crippen molar-refractivity contribution in [2.75, 3.05) is 0 Å². The maximum Gasteiger partial charge on any atom is 0.133 e. The molecule has 1 aromatic carbocycles. The second-order valence-electron chi connectivity index (χ2n) is 4.13. The average Bonchev–Trinajstić information content (AvgIpc) is 2.68. The third-order valence-corrected chi connectivity index (χ3v) is 2.86. The smallest absolute Gasteiger partial charge is 0.133 e. The number of nitrogens with zero attached hydrogens (tertiary/aromatic N) is 1. The van der Waals surface area contributed by atoms with Crippen molar-refractivity contribution in [2.45, 2.75) is 26.9 Å². The fourth-order valence-corrected chi connectivity index (χ4v) is 1.92. The van der Waals surface area contributed by atoms with Gasteiger partial charge < -0.3 is 9.84 Å². The van der Waals surface area contributed by atoms with E-state index in [2.05, 4.69) is 16.5 Å². The Morgan fingerprint density at radius 1 is 1.24 bits per heavy atom. The van der Waals surface area contributed by atoms with Crippen LogP contribution in [0.25, 0.3) is 0 Å². The first-order valence-corrected chi connectivity index (χ1v) is 5.91. The highest BCUT2D eigenvalue weighted by molar-refractivity contribution is 6.31. The van der Waals surface area contributed by atoms with Crippen LogP contribution < -0.4 is 5.32 Å². The van der Waals surface area contributed by atoms with E-state index in [-0.39, 0.29) is 0 Å². The predicted molar refractivity (Wildman–Crippen MR) is 68.0 cm³/mol. The largest absolute Gasteiger partial charge is 0.361 e. The van der Waals surface area contributed by atoms with Crippen LogP contribution in [0.1, 0.15) is 22.6 Å². The van der Waals surface area contributed by atoms with Crippen LogP contribution in [0.2, 0.25) is 5.02 Å². The molecule has 90 valence electrons. The number of halogens is 1. The van der Waals surface area contributed by atoms with E-state index in [0.29, 0.717) is 6.54 Å². The zero-order valence-corrected chi connectivity index (χ0v) is 10.7. The summed E-state index contributed by atoms with van der Waals surface area (Å²) in [5, 5.41) is 8.00. The Morgan fingerprint density at radius 2 is 2.06 bits per heavy atom. The molecule has 0 bridgehead atoms. The van der Waals surface area contributed by atoms with Gasteiger partial charge in [0.15, 0.2) is 0 Å². The van der Waals surface area contributed by atoms with Gasteiger partial charge in [0.05, 0.1) is 5.69 Å². The fourth-order valence-electron chi connectivity index (χ4n) is 1.62. The topological polar surface area (TPSA) is 38.1 Å². The number of aryl methyl sites for hydroxylation is 2. The number of benzene rings is 1. The molecule has 0 aliphatic carbocycles. The molecule has 1 aromatic heterocycles. The molecule has 0 fully saturated rings. The molecule has 0 atom stereocenters. The minimum Gasteiger partial charge on any atom is -0.361 e. The van der Waals surface area contributed by atoms with Crippen LogP contribution in [-0.4, -0.2) is 5.16 Å². The molecule has 1 N–H and O–H groups in total. The van der Waals surface area contributed by atoms with Gasteiger partial charge in [-0.1, -0.05) is 28.9 Å². The van der Waals surface area contributed by atoms with Crippen LogP contribution in [0.3, 0.4) is 0 Å². The second-order valence-corrected chi connectivity index (χ2v) is 4.53. The highest BCUT2D eigenvalue weighted by Crippen LogP contribution is 2.17. The van der Waals surface area contributed by atoms with Crippen LogP contribution in [0.4, 0.5) is 0 Å². The molecule has 2 rings (SSSR count). The Balaban J connectivity index is 1.90. The van der Waals surface area contributed by atoms with Crippen molar-refractivity contribution in [1.82, 2.24) is 10.5 Å². The van der Waals surface area contributed by atoms with Crippen LogP contribution in [0.15, 0.2) is 28.8 Å². The van der Waals surface area contributed by atoms with Crippen molar-refractivity contribution in [3.63, 3.8) is 0 Å². The first kappa shape index (κ1) is 12.1. The molecule has 2 aromatic rings. The first-order valence-electron chi connectivity index (χ1n) is 5.53. The highest BCUT2D eigenvalue weighted by atomic mass is 35.5. The zero-order valence-electron chi connectivity index (χ0n) is 9.96. The lowest BCUT2D eigenvalue weighted by atomic mass is 10.1. The van der Waals surface area contributed by atoms with E-state index >= 15 is 0 Å². The molecule has 0 amide bonds. The zero-order chi connectivity index (χ0) is 12.3. The molecule has 0 saturated carbocycles. The van der Waals surface area contributed by atoms with E-state index in [0.717, 1.165) is 28.6 Å². The summed E-state index contributed by atoms with van der Waals surface area (Å²) >= 11 is 6.14. The molecule has 0 aliphatic rings. The van der Waals surface area contributed by atoms with Crippen LogP contribution in [-0.2, 0) is 13.1 Å². The normalized spacial score (nSPS) is 10.8. The van der Waals surface area contributed by atoms with Gasteiger partial charge in [0.25, 0.3) is 0 Å². The fraction of sp³-hybridized carbons (Fsp3) is 0.308. The number of rotatable bonds is 4. The Kier molecular flexibility index (Phi) is 3.82. The van der Waals surface area contributed by atoms with E-state index in [1.165, 1.54) is 5.56 Å². The monoisotopic (exact) mass is 250 g/mol. The lowest BCUT2D eigenvalue weighted by Crippen LogP contribution is -2.13. The van der Waals surface area contributed by atoms with Crippen LogP contribution in [0.5, 0.6) is 0 Å². The molecule has 3 nitrogen and oxygen atoms in total. The maximum atomic E-state index is 6.14. The van der Waals surface area contributed by atoms with Crippen molar-refractivity contribution >= 4 is 11.6 Å². The van der Waals surface area contributed by atoms with E-state index in [4.69, 9.17) is 16.1 Å². The Labute approximate surface area is 106 Å². The van der Waals surface area contributed by atoms with Gasteiger partial charge in [0, 0.05) is 24.2 Å². The molecule has 0 spiro atoms. The molecule has 1 heterocycles. The molecule has 4 heteroatoms. The predicted octanol–water partition coefficient (Wildman–Crippen LogP) is 3.23. The van der Waals surface area contributed by atoms with Crippen molar-refractivity contribution in [2.24, 2.45) is 0 Å². The molecule has 0 unspecified atom stereocenters. The van der Waals surface area contributed by atoms with Gasteiger partial charge >= 0.3 is 0 Å². The average molecular weight is 251 g/mol. The van der Waals surface area contributed by atoms with Crippen molar-refractivity contribution < 1.29 is 4.52 Å². The van der Waals surface area contributed by atoms with E-state index in [1.54, 1.807) is 0 Å². The summed E-state index contributed by atoms with van der Waals surface area (Å²) in [6, 6.07) is 7.99. The summed E-state index contributed by atoms with van der Waals surface area (Å²) in [6.07, 6.45) is 0. The number of hydrogen-bond acceptors (Lipinski definition) is 3. The summed E-state index contributed by atoms with van der Waals surface area (Å²) in [5.41, 5.74) is 3.18. The quantitative estimate of drug-likeness (QED) is 0.905. The van der Waals surface area contributed by atoms with Gasteiger partial charge in [-0.2, -0.15) is 0 Å². The SMILES string of the molecule is Cc1ccc(CNCc2cc(C)on2)c(Cl)c1. The molecule has 0 radical (unpaired) electrons.